The number of benzene rings is 2. The first-order valence-electron chi connectivity index (χ1n) is 12.6. The molecule has 6 rings (SSSR count). The van der Waals surface area contributed by atoms with E-state index >= 15 is 0 Å². The molecule has 2 saturated heterocycles. The molecule has 0 saturated carbocycles. The lowest BCUT2D eigenvalue weighted by molar-refractivity contribution is -0.0346. The predicted molar refractivity (Wildman–Crippen MR) is 131 cm³/mol. The molecular weight excluding hydrogens is 444 g/mol. The summed E-state index contributed by atoms with van der Waals surface area (Å²) in [6, 6.07) is 9.20. The first-order valence-corrected chi connectivity index (χ1v) is 12.6. The SMILES string of the molecule is Cc1cc2c(cc1OCOC1CO1)C1(CC2(C)C)CC(C)(C)c2cc(C)c(OCOC3CO3)cc21. The highest BCUT2D eigenvalue weighted by Gasteiger charge is 2.56. The molecular formula is C29H36O6. The maximum absolute atomic E-state index is 6.09. The average Bonchev–Trinajstić information content (AvgIpc) is 3.69. The smallest absolute Gasteiger partial charge is 0.192 e. The van der Waals surface area contributed by atoms with Gasteiger partial charge in [0.15, 0.2) is 26.2 Å². The Bertz CT molecular complexity index is 1070. The van der Waals surface area contributed by atoms with E-state index in [1.54, 1.807) is 0 Å². The summed E-state index contributed by atoms with van der Waals surface area (Å²) in [5, 5.41) is 0. The highest BCUT2D eigenvalue weighted by Crippen LogP contribution is 2.64. The van der Waals surface area contributed by atoms with Crippen LogP contribution in [-0.2, 0) is 35.2 Å². The number of hydrogen-bond acceptors (Lipinski definition) is 6. The number of aryl methyl sites for hydroxylation is 2. The minimum Gasteiger partial charge on any atom is -0.467 e. The first-order chi connectivity index (χ1) is 16.6. The summed E-state index contributed by atoms with van der Waals surface area (Å²) in [7, 11) is 0. The Morgan fingerprint density at radius 2 is 1.09 bits per heavy atom. The lowest BCUT2D eigenvalue weighted by Gasteiger charge is -2.31. The Labute approximate surface area is 207 Å². The van der Waals surface area contributed by atoms with Crippen molar-refractivity contribution in [2.45, 2.75) is 83.2 Å². The van der Waals surface area contributed by atoms with Gasteiger partial charge in [0, 0.05) is 5.41 Å². The van der Waals surface area contributed by atoms with Gasteiger partial charge in [-0.25, -0.2) is 0 Å². The van der Waals surface area contributed by atoms with E-state index in [2.05, 4.69) is 65.8 Å². The predicted octanol–water partition coefficient (Wildman–Crippen LogP) is 5.37. The van der Waals surface area contributed by atoms with E-state index in [1.165, 1.54) is 22.3 Å². The van der Waals surface area contributed by atoms with Crippen LogP contribution in [0.4, 0.5) is 0 Å². The highest BCUT2D eigenvalue weighted by molar-refractivity contribution is 5.63. The van der Waals surface area contributed by atoms with Crippen LogP contribution in [0.2, 0.25) is 0 Å². The summed E-state index contributed by atoms with van der Waals surface area (Å²) in [5.74, 6) is 1.77. The topological polar surface area (TPSA) is 62.0 Å². The number of hydrogen-bond donors (Lipinski definition) is 0. The Kier molecular flexibility index (Phi) is 5.28. The van der Waals surface area contributed by atoms with Crippen LogP contribution in [0.5, 0.6) is 11.5 Å². The van der Waals surface area contributed by atoms with Gasteiger partial charge in [-0.05, 0) is 83.0 Å². The average molecular weight is 481 g/mol. The molecule has 0 amide bonds. The summed E-state index contributed by atoms with van der Waals surface area (Å²) in [6.07, 6.45) is 1.87. The Hall–Kier alpha value is -2.12. The van der Waals surface area contributed by atoms with Gasteiger partial charge in [-0.15, -0.1) is 0 Å². The van der Waals surface area contributed by atoms with Crippen molar-refractivity contribution in [3.8, 4) is 11.5 Å². The fourth-order valence-electron chi connectivity index (χ4n) is 6.50. The lowest BCUT2D eigenvalue weighted by atomic mass is 9.72. The zero-order valence-corrected chi connectivity index (χ0v) is 21.7. The molecule has 2 aromatic rings. The van der Waals surface area contributed by atoms with E-state index in [4.69, 9.17) is 28.4 Å². The lowest BCUT2D eigenvalue weighted by Crippen LogP contribution is -2.27. The van der Waals surface area contributed by atoms with Crippen LogP contribution in [-0.4, -0.2) is 39.4 Å². The third-order valence-corrected chi connectivity index (χ3v) is 8.15. The van der Waals surface area contributed by atoms with E-state index in [0.717, 1.165) is 35.5 Å². The van der Waals surface area contributed by atoms with Gasteiger partial charge in [0.2, 0.25) is 0 Å². The molecule has 0 radical (unpaired) electrons. The summed E-state index contributed by atoms with van der Waals surface area (Å²) in [4.78, 5) is 0. The quantitative estimate of drug-likeness (QED) is 0.374. The molecule has 2 fully saturated rings. The van der Waals surface area contributed by atoms with Crippen molar-refractivity contribution in [1.29, 1.82) is 0 Å². The Morgan fingerprint density at radius 3 is 1.46 bits per heavy atom. The van der Waals surface area contributed by atoms with Crippen molar-refractivity contribution in [3.05, 3.63) is 57.6 Å². The van der Waals surface area contributed by atoms with Gasteiger partial charge in [-0.2, -0.15) is 0 Å². The summed E-state index contributed by atoms with van der Waals surface area (Å²) >= 11 is 0. The van der Waals surface area contributed by atoms with Crippen LogP contribution in [0.3, 0.4) is 0 Å². The van der Waals surface area contributed by atoms with Gasteiger partial charge < -0.3 is 28.4 Å². The van der Waals surface area contributed by atoms with Gasteiger partial charge in [-0.1, -0.05) is 39.8 Å². The van der Waals surface area contributed by atoms with Gasteiger partial charge in [0.25, 0.3) is 0 Å². The molecule has 2 aliphatic carbocycles. The summed E-state index contributed by atoms with van der Waals surface area (Å²) in [6.45, 7) is 15.4. The van der Waals surface area contributed by atoms with Crippen molar-refractivity contribution in [1.82, 2.24) is 0 Å². The van der Waals surface area contributed by atoms with E-state index in [9.17, 15) is 0 Å². The van der Waals surface area contributed by atoms with E-state index < -0.39 is 0 Å². The first kappa shape index (κ1) is 23.3. The molecule has 35 heavy (non-hydrogen) atoms. The van der Waals surface area contributed by atoms with Crippen LogP contribution in [0.25, 0.3) is 0 Å². The number of ether oxygens (including phenoxy) is 6. The summed E-state index contributed by atoms with van der Waals surface area (Å²) in [5.41, 5.74) is 7.84. The molecule has 0 aromatic heterocycles. The van der Waals surface area contributed by atoms with Gasteiger partial charge in [0.05, 0.1) is 0 Å². The molecule has 0 N–H and O–H groups in total. The normalized spacial score (nSPS) is 28.6. The monoisotopic (exact) mass is 480 g/mol. The molecule has 2 aromatic carbocycles. The second-order valence-corrected chi connectivity index (χ2v) is 11.9. The van der Waals surface area contributed by atoms with Gasteiger partial charge in [-0.3, -0.25) is 0 Å². The molecule has 4 aliphatic rings. The number of fused-ring (bicyclic) bond motifs is 4. The molecule has 2 atom stereocenters. The van der Waals surface area contributed by atoms with Crippen LogP contribution in [0.1, 0.15) is 73.9 Å². The molecule has 2 unspecified atom stereocenters. The largest absolute Gasteiger partial charge is 0.467 e. The Morgan fingerprint density at radius 1 is 0.686 bits per heavy atom. The Balaban J connectivity index is 1.41. The van der Waals surface area contributed by atoms with Gasteiger partial charge in [0.1, 0.15) is 24.7 Å². The van der Waals surface area contributed by atoms with Crippen molar-refractivity contribution in [2.24, 2.45) is 0 Å². The van der Waals surface area contributed by atoms with Crippen LogP contribution in [0.15, 0.2) is 24.3 Å². The zero-order valence-electron chi connectivity index (χ0n) is 21.7. The fourth-order valence-corrected chi connectivity index (χ4v) is 6.50. The third kappa shape index (κ3) is 4.05. The van der Waals surface area contributed by atoms with E-state index in [1.807, 2.05) is 0 Å². The number of rotatable bonds is 8. The molecule has 6 heteroatoms. The van der Waals surface area contributed by atoms with Crippen LogP contribution in [0, 0.1) is 13.8 Å². The van der Waals surface area contributed by atoms with Crippen molar-refractivity contribution < 1.29 is 28.4 Å². The molecule has 0 bridgehead atoms. The maximum Gasteiger partial charge on any atom is 0.192 e. The van der Waals surface area contributed by atoms with E-state index in [0.29, 0.717) is 13.2 Å². The minimum absolute atomic E-state index is 0.0486. The maximum atomic E-state index is 6.09. The molecule has 2 aliphatic heterocycles. The summed E-state index contributed by atoms with van der Waals surface area (Å²) < 4.78 is 33.7. The van der Waals surface area contributed by atoms with Crippen LogP contribution >= 0.6 is 0 Å². The second kappa shape index (κ2) is 7.94. The molecule has 1 spiro atoms. The van der Waals surface area contributed by atoms with Crippen molar-refractivity contribution in [2.75, 3.05) is 26.8 Å². The van der Waals surface area contributed by atoms with Crippen molar-refractivity contribution >= 4 is 0 Å². The minimum atomic E-state index is -0.116. The zero-order chi connectivity index (χ0) is 24.6. The third-order valence-electron chi connectivity index (χ3n) is 8.15. The second-order valence-electron chi connectivity index (χ2n) is 11.9. The van der Waals surface area contributed by atoms with Crippen LogP contribution < -0.4 is 9.47 Å². The van der Waals surface area contributed by atoms with Crippen molar-refractivity contribution in [3.63, 3.8) is 0 Å². The van der Waals surface area contributed by atoms with Gasteiger partial charge >= 0.3 is 0 Å². The molecule has 2 heterocycles. The standard InChI is InChI=1S/C29H36O6/c1-17-7-19-21(9-23(17)32-15-34-25-11-30-25)29(13-27(19,3)4)14-28(5,6)20-8-18(2)24(10-22(20)29)33-16-35-26-12-31-26/h7-10,25-26H,11-16H2,1-6H3. The molecule has 188 valence electrons. The fraction of sp³-hybridized carbons (Fsp3) is 0.586. The molecule has 6 nitrogen and oxygen atoms in total. The number of epoxide rings is 2. The highest BCUT2D eigenvalue weighted by atomic mass is 16.8. The van der Waals surface area contributed by atoms with E-state index in [-0.39, 0.29) is 42.4 Å².